The number of nitrogens with zero attached hydrogens (tertiary/aromatic N) is 2. The number of nitrogens with one attached hydrogen (secondary N) is 1. The maximum atomic E-state index is 14.7. The van der Waals surface area contributed by atoms with Crippen molar-refractivity contribution >= 4 is 21.9 Å². The number of hydrogen-bond acceptors (Lipinski definition) is 5. The number of carbonyl (C=O) groups excluding carboxylic acids is 1. The van der Waals surface area contributed by atoms with Crippen molar-refractivity contribution in [1.29, 1.82) is 0 Å². The number of piperazine rings is 1. The highest BCUT2D eigenvalue weighted by Crippen LogP contribution is 2.25. The summed E-state index contributed by atoms with van der Waals surface area (Å²) >= 11 is 0. The highest BCUT2D eigenvalue weighted by molar-refractivity contribution is 7.90. The van der Waals surface area contributed by atoms with Crippen molar-refractivity contribution in [3.05, 3.63) is 65.5 Å². The number of benzene rings is 2. The molecule has 1 N–H and O–H groups in total. The van der Waals surface area contributed by atoms with Crippen LogP contribution in [0, 0.1) is 5.82 Å². The molecule has 0 aliphatic carbocycles. The zero-order valence-corrected chi connectivity index (χ0v) is 17.0. The van der Waals surface area contributed by atoms with Crippen LogP contribution in [0.1, 0.15) is 11.1 Å². The van der Waals surface area contributed by atoms with Gasteiger partial charge in [0.15, 0.2) is 0 Å². The van der Waals surface area contributed by atoms with Crippen LogP contribution in [0.5, 0.6) is 0 Å². The first-order valence-electron chi connectivity index (χ1n) is 9.29. The van der Waals surface area contributed by atoms with Crippen LogP contribution < -0.4 is 9.62 Å². The normalized spacial score (nSPS) is 15.1. The second-order valence-electron chi connectivity index (χ2n) is 6.68. The molecular formula is C20H24FN3O4S. The quantitative estimate of drug-likeness (QED) is 0.689. The van der Waals surface area contributed by atoms with E-state index in [4.69, 9.17) is 0 Å². The fraction of sp³-hybridized carbons (Fsp3) is 0.350. The van der Waals surface area contributed by atoms with Crippen molar-refractivity contribution < 1.29 is 22.3 Å². The molecular weight excluding hydrogens is 397 g/mol. The fourth-order valence-corrected chi connectivity index (χ4v) is 4.75. The number of carbonyl (C=O) groups is 1. The van der Waals surface area contributed by atoms with Gasteiger partial charge in [0.05, 0.1) is 25.8 Å². The molecule has 0 unspecified atom stereocenters. The molecule has 2 aromatic carbocycles. The Bertz CT molecular complexity index is 947. The number of esters is 1. The van der Waals surface area contributed by atoms with E-state index in [9.17, 15) is 17.6 Å². The van der Waals surface area contributed by atoms with Crippen molar-refractivity contribution in [2.24, 2.45) is 0 Å². The number of halogens is 1. The molecule has 0 spiro atoms. The van der Waals surface area contributed by atoms with Gasteiger partial charge in [0.2, 0.25) is 0 Å². The van der Waals surface area contributed by atoms with Gasteiger partial charge in [-0.15, -0.1) is 0 Å². The summed E-state index contributed by atoms with van der Waals surface area (Å²) in [5, 5.41) is 3.13. The number of para-hydroxylation sites is 1. The SMILES string of the molecule is COC(=O)Cc1ccc(CN(c2ccccc2)S(=O)(=O)N2CCNCC2)c(F)c1. The van der Waals surface area contributed by atoms with Crippen molar-refractivity contribution in [3.8, 4) is 0 Å². The minimum Gasteiger partial charge on any atom is -0.469 e. The highest BCUT2D eigenvalue weighted by atomic mass is 32.2. The summed E-state index contributed by atoms with van der Waals surface area (Å²) in [4.78, 5) is 11.4. The lowest BCUT2D eigenvalue weighted by Crippen LogP contribution is -2.51. The van der Waals surface area contributed by atoms with Crippen LogP contribution in [0.25, 0.3) is 0 Å². The first-order chi connectivity index (χ1) is 13.9. The van der Waals surface area contributed by atoms with Gasteiger partial charge in [0, 0.05) is 31.7 Å². The van der Waals surface area contributed by atoms with Gasteiger partial charge in [-0.2, -0.15) is 12.7 Å². The van der Waals surface area contributed by atoms with Crippen LogP contribution in [0.3, 0.4) is 0 Å². The summed E-state index contributed by atoms with van der Waals surface area (Å²) in [7, 11) is -2.57. The van der Waals surface area contributed by atoms with E-state index in [2.05, 4.69) is 10.1 Å². The molecule has 0 saturated carbocycles. The molecule has 1 saturated heterocycles. The molecule has 29 heavy (non-hydrogen) atoms. The Labute approximate surface area is 170 Å². The smallest absolute Gasteiger partial charge is 0.309 e. The van der Waals surface area contributed by atoms with E-state index in [1.165, 1.54) is 27.9 Å². The van der Waals surface area contributed by atoms with E-state index in [0.29, 0.717) is 37.4 Å². The lowest BCUT2D eigenvalue weighted by Gasteiger charge is -2.33. The third kappa shape index (κ3) is 5.11. The standard InChI is InChI=1S/C20H24FN3O4S/c1-28-20(25)14-16-7-8-17(19(21)13-16)15-24(18-5-3-2-4-6-18)29(26,27)23-11-9-22-10-12-23/h2-8,13,22H,9-12,14-15H2,1H3. The minimum atomic E-state index is -3.84. The molecule has 1 aliphatic rings. The monoisotopic (exact) mass is 421 g/mol. The minimum absolute atomic E-state index is 0.0465. The lowest BCUT2D eigenvalue weighted by atomic mass is 10.1. The zero-order chi connectivity index (χ0) is 20.9. The summed E-state index contributed by atoms with van der Waals surface area (Å²) < 4.78 is 48.5. The Hall–Kier alpha value is -2.49. The van der Waals surface area contributed by atoms with E-state index >= 15 is 0 Å². The molecule has 1 aliphatic heterocycles. The Morgan fingerprint density at radius 2 is 1.86 bits per heavy atom. The topological polar surface area (TPSA) is 79.0 Å². The number of rotatable bonds is 7. The van der Waals surface area contributed by atoms with Crippen molar-refractivity contribution in [2.75, 3.05) is 37.6 Å². The van der Waals surface area contributed by atoms with Gasteiger partial charge in [-0.25, -0.2) is 4.39 Å². The zero-order valence-electron chi connectivity index (χ0n) is 16.2. The number of anilines is 1. The van der Waals surface area contributed by atoms with Crippen LogP contribution in [0.4, 0.5) is 10.1 Å². The molecule has 7 nitrogen and oxygen atoms in total. The van der Waals surface area contributed by atoms with Crippen LogP contribution in [-0.4, -0.2) is 52.0 Å². The summed E-state index contributed by atoms with van der Waals surface area (Å²) in [6, 6.07) is 13.0. The van der Waals surface area contributed by atoms with E-state index in [0.717, 1.165) is 0 Å². The number of methoxy groups -OCH3 is 1. The second kappa shape index (κ2) is 9.34. The van der Waals surface area contributed by atoms with Gasteiger partial charge in [-0.1, -0.05) is 30.3 Å². The summed E-state index contributed by atoms with van der Waals surface area (Å²) in [6.45, 7) is 1.69. The van der Waals surface area contributed by atoms with Crippen molar-refractivity contribution in [2.45, 2.75) is 13.0 Å². The molecule has 0 radical (unpaired) electrons. The van der Waals surface area contributed by atoms with Gasteiger partial charge in [0.1, 0.15) is 5.82 Å². The fourth-order valence-electron chi connectivity index (χ4n) is 3.14. The van der Waals surface area contributed by atoms with Crippen LogP contribution in [0.2, 0.25) is 0 Å². The average Bonchev–Trinajstić information content (AvgIpc) is 2.74. The predicted octanol–water partition coefficient (Wildman–Crippen LogP) is 1.70. The maximum absolute atomic E-state index is 14.7. The van der Waals surface area contributed by atoms with E-state index < -0.39 is 22.0 Å². The Kier molecular flexibility index (Phi) is 6.83. The molecule has 3 rings (SSSR count). The van der Waals surface area contributed by atoms with E-state index in [1.54, 1.807) is 36.4 Å². The van der Waals surface area contributed by atoms with Gasteiger partial charge in [-0.05, 0) is 23.8 Å². The maximum Gasteiger partial charge on any atom is 0.309 e. The molecule has 0 aromatic heterocycles. The molecule has 0 atom stereocenters. The molecule has 0 bridgehead atoms. The van der Waals surface area contributed by atoms with Crippen molar-refractivity contribution in [1.82, 2.24) is 9.62 Å². The average molecular weight is 421 g/mol. The summed E-state index contributed by atoms with van der Waals surface area (Å²) in [5.41, 5.74) is 1.15. The number of hydrogen-bond donors (Lipinski definition) is 1. The van der Waals surface area contributed by atoms with Crippen LogP contribution in [-0.2, 0) is 32.7 Å². The molecule has 1 fully saturated rings. The van der Waals surface area contributed by atoms with Crippen molar-refractivity contribution in [3.63, 3.8) is 0 Å². The molecule has 2 aromatic rings. The predicted molar refractivity (Wildman–Crippen MR) is 108 cm³/mol. The number of ether oxygens (including phenoxy) is 1. The molecule has 1 heterocycles. The van der Waals surface area contributed by atoms with Gasteiger partial charge < -0.3 is 10.1 Å². The van der Waals surface area contributed by atoms with E-state index in [-0.39, 0.29) is 18.5 Å². The largest absolute Gasteiger partial charge is 0.469 e. The van der Waals surface area contributed by atoms with Gasteiger partial charge >= 0.3 is 16.2 Å². The first-order valence-corrected chi connectivity index (χ1v) is 10.7. The Morgan fingerprint density at radius 1 is 1.17 bits per heavy atom. The highest BCUT2D eigenvalue weighted by Gasteiger charge is 2.31. The molecule has 156 valence electrons. The Balaban J connectivity index is 1.91. The lowest BCUT2D eigenvalue weighted by molar-refractivity contribution is -0.139. The van der Waals surface area contributed by atoms with Crippen LogP contribution in [0.15, 0.2) is 48.5 Å². The summed E-state index contributed by atoms with van der Waals surface area (Å²) in [6.07, 6.45) is -0.0465. The van der Waals surface area contributed by atoms with Gasteiger partial charge in [0.25, 0.3) is 0 Å². The first kappa shape index (κ1) is 21.2. The molecule has 0 amide bonds. The Morgan fingerprint density at radius 3 is 2.48 bits per heavy atom. The summed E-state index contributed by atoms with van der Waals surface area (Å²) in [5.74, 6) is -1.04. The van der Waals surface area contributed by atoms with Crippen LogP contribution >= 0.6 is 0 Å². The molecule has 9 heteroatoms. The van der Waals surface area contributed by atoms with Gasteiger partial charge in [-0.3, -0.25) is 9.10 Å². The second-order valence-corrected chi connectivity index (χ2v) is 8.53. The van der Waals surface area contributed by atoms with E-state index in [1.807, 2.05) is 0 Å². The third-order valence-electron chi connectivity index (χ3n) is 4.73. The third-order valence-corrected chi connectivity index (χ3v) is 6.65.